The minimum absolute atomic E-state index is 0.0164. The summed E-state index contributed by atoms with van der Waals surface area (Å²) in [6.07, 6.45) is 0.503. The average molecular weight is 326 g/mol. The number of ether oxygens (including phenoxy) is 1. The number of hydrogen-bond donors (Lipinski definition) is 1. The van der Waals surface area contributed by atoms with Crippen molar-refractivity contribution in [2.45, 2.75) is 12.2 Å². The van der Waals surface area contributed by atoms with Crippen molar-refractivity contribution in [1.82, 2.24) is 9.88 Å². The van der Waals surface area contributed by atoms with Crippen LogP contribution in [0.4, 0.5) is 8.78 Å². The second-order valence-electron chi connectivity index (χ2n) is 5.17. The van der Waals surface area contributed by atoms with Crippen molar-refractivity contribution in [3.05, 3.63) is 52.0 Å². The van der Waals surface area contributed by atoms with E-state index in [4.69, 9.17) is 4.74 Å². The highest BCUT2D eigenvalue weighted by Gasteiger charge is 2.26. The Morgan fingerprint density at radius 3 is 3.09 bits per heavy atom. The van der Waals surface area contributed by atoms with Crippen LogP contribution in [0.2, 0.25) is 0 Å². The van der Waals surface area contributed by atoms with Gasteiger partial charge in [0.05, 0.1) is 12.7 Å². The second kappa shape index (κ2) is 6.78. The van der Waals surface area contributed by atoms with Crippen LogP contribution in [-0.2, 0) is 4.74 Å². The predicted molar refractivity (Wildman–Crippen MR) is 78.6 cm³/mol. The van der Waals surface area contributed by atoms with E-state index >= 15 is 0 Å². The molecule has 4 nitrogen and oxygen atoms in total. The summed E-state index contributed by atoms with van der Waals surface area (Å²) < 4.78 is 32.6. The van der Waals surface area contributed by atoms with Crippen LogP contribution in [-0.4, -0.2) is 41.2 Å². The predicted octanol–water partition coefficient (Wildman–Crippen LogP) is 2.53. The fourth-order valence-electron chi connectivity index (χ4n) is 2.52. The minimum Gasteiger partial charge on any atom is -0.387 e. The lowest BCUT2D eigenvalue weighted by atomic mass is 10.1. The van der Waals surface area contributed by atoms with Crippen LogP contribution in [0, 0.1) is 11.6 Å². The van der Waals surface area contributed by atoms with Gasteiger partial charge in [-0.3, -0.25) is 4.90 Å². The molecule has 1 N–H and O–H groups in total. The number of benzene rings is 1. The van der Waals surface area contributed by atoms with Crippen molar-refractivity contribution in [2.75, 3.05) is 26.2 Å². The Bertz CT molecular complexity index is 624. The zero-order chi connectivity index (χ0) is 15.5. The quantitative estimate of drug-likeness (QED) is 0.938. The maximum absolute atomic E-state index is 13.7. The van der Waals surface area contributed by atoms with Gasteiger partial charge in [0.1, 0.15) is 22.7 Å². The molecular weight excluding hydrogens is 310 g/mol. The fraction of sp³-hybridized carbons (Fsp3) is 0.400. The lowest BCUT2D eigenvalue weighted by Crippen LogP contribution is -2.40. The van der Waals surface area contributed by atoms with Crippen molar-refractivity contribution in [3.8, 4) is 0 Å². The van der Waals surface area contributed by atoms with Gasteiger partial charge in [0, 0.05) is 36.8 Å². The summed E-state index contributed by atoms with van der Waals surface area (Å²) in [6.45, 7) is 1.95. The number of hydrogen-bond acceptors (Lipinski definition) is 5. The van der Waals surface area contributed by atoms with Crippen molar-refractivity contribution >= 4 is 11.3 Å². The van der Waals surface area contributed by atoms with Gasteiger partial charge in [-0.05, 0) is 18.2 Å². The van der Waals surface area contributed by atoms with Crippen LogP contribution in [0.25, 0.3) is 0 Å². The van der Waals surface area contributed by atoms with E-state index < -0.39 is 17.7 Å². The van der Waals surface area contributed by atoms with Crippen LogP contribution in [0.5, 0.6) is 0 Å². The molecule has 0 spiro atoms. The molecule has 2 atom stereocenters. The normalized spacial score (nSPS) is 21.0. The van der Waals surface area contributed by atoms with Crippen molar-refractivity contribution in [3.63, 3.8) is 0 Å². The Kier molecular flexibility index (Phi) is 4.77. The number of aliphatic hydroxyl groups excluding tert-OH is 1. The summed E-state index contributed by atoms with van der Waals surface area (Å²) in [5.74, 6) is -1.16. The van der Waals surface area contributed by atoms with Crippen molar-refractivity contribution < 1.29 is 18.6 Å². The van der Waals surface area contributed by atoms with Gasteiger partial charge in [-0.15, -0.1) is 11.3 Å². The summed E-state index contributed by atoms with van der Waals surface area (Å²) >= 11 is 1.52. The Morgan fingerprint density at radius 1 is 1.45 bits per heavy atom. The van der Waals surface area contributed by atoms with Crippen LogP contribution in [0.3, 0.4) is 0 Å². The molecule has 1 aromatic heterocycles. The number of rotatable bonds is 4. The molecule has 22 heavy (non-hydrogen) atoms. The number of aliphatic hydroxyl groups is 1. The van der Waals surface area contributed by atoms with Crippen molar-refractivity contribution in [2.24, 2.45) is 0 Å². The minimum atomic E-state index is -1.08. The average Bonchev–Trinajstić information content (AvgIpc) is 3.04. The molecule has 1 aliphatic heterocycles. The molecule has 2 heterocycles. The molecule has 1 aliphatic rings. The van der Waals surface area contributed by atoms with E-state index in [-0.39, 0.29) is 18.2 Å². The second-order valence-corrected chi connectivity index (χ2v) is 6.10. The first-order valence-electron chi connectivity index (χ1n) is 7.00. The van der Waals surface area contributed by atoms with E-state index in [0.717, 1.165) is 23.2 Å². The molecule has 1 fully saturated rings. The number of thiazole rings is 1. The van der Waals surface area contributed by atoms with E-state index in [1.54, 1.807) is 6.20 Å². The molecule has 2 aromatic rings. The van der Waals surface area contributed by atoms with Crippen molar-refractivity contribution in [1.29, 1.82) is 0 Å². The van der Waals surface area contributed by atoms with Crippen LogP contribution in [0.15, 0.2) is 29.8 Å². The Balaban J connectivity index is 1.66. The third-order valence-corrected chi connectivity index (χ3v) is 4.49. The first kappa shape index (κ1) is 15.5. The Morgan fingerprint density at radius 2 is 2.32 bits per heavy atom. The largest absolute Gasteiger partial charge is 0.387 e. The fourth-order valence-corrected chi connectivity index (χ4v) is 3.20. The molecule has 0 aliphatic carbocycles. The number of nitrogens with zero attached hydrogens (tertiary/aromatic N) is 2. The molecule has 3 rings (SSSR count). The molecule has 0 radical (unpaired) electrons. The highest BCUT2D eigenvalue weighted by molar-refractivity contribution is 7.09. The van der Waals surface area contributed by atoms with Gasteiger partial charge in [0.25, 0.3) is 0 Å². The summed E-state index contributed by atoms with van der Waals surface area (Å²) in [5, 5.41) is 13.0. The summed E-state index contributed by atoms with van der Waals surface area (Å²) in [7, 11) is 0. The van der Waals surface area contributed by atoms with E-state index in [9.17, 15) is 13.9 Å². The molecule has 0 bridgehead atoms. The van der Waals surface area contributed by atoms with E-state index in [0.29, 0.717) is 19.7 Å². The zero-order valence-corrected chi connectivity index (χ0v) is 12.6. The third-order valence-electron chi connectivity index (χ3n) is 3.63. The smallest absolute Gasteiger partial charge is 0.129 e. The molecule has 0 saturated carbocycles. The SMILES string of the molecule is O[C@@H](CN1CCO[C@H](c2nccs2)C1)c1cc(F)ccc1F. The Hall–Kier alpha value is -1.41. The van der Waals surface area contributed by atoms with Gasteiger partial charge in [-0.1, -0.05) is 0 Å². The highest BCUT2D eigenvalue weighted by atomic mass is 32.1. The standard InChI is InChI=1S/C15H16F2N2O2S/c16-10-1-2-12(17)11(7-10)13(20)8-19-4-5-21-14(9-19)15-18-3-6-22-15/h1-3,6-7,13-14,20H,4-5,8-9H2/t13-,14-/m0/s1. The topological polar surface area (TPSA) is 45.6 Å². The van der Waals surface area contributed by atoms with E-state index in [2.05, 4.69) is 4.98 Å². The summed E-state index contributed by atoms with van der Waals surface area (Å²) in [6, 6.07) is 3.11. The molecule has 1 saturated heterocycles. The van der Waals surface area contributed by atoms with Crippen LogP contribution >= 0.6 is 11.3 Å². The molecular formula is C15H16F2N2O2S. The maximum Gasteiger partial charge on any atom is 0.129 e. The zero-order valence-electron chi connectivity index (χ0n) is 11.8. The first-order valence-corrected chi connectivity index (χ1v) is 7.88. The Labute approximate surface area is 131 Å². The number of aromatic nitrogens is 1. The van der Waals surface area contributed by atoms with Gasteiger partial charge in [-0.2, -0.15) is 0 Å². The molecule has 0 unspecified atom stereocenters. The lowest BCUT2D eigenvalue weighted by Gasteiger charge is -2.33. The third kappa shape index (κ3) is 3.49. The number of morpholine rings is 1. The molecule has 118 valence electrons. The highest BCUT2D eigenvalue weighted by Crippen LogP contribution is 2.26. The first-order chi connectivity index (χ1) is 10.6. The lowest BCUT2D eigenvalue weighted by molar-refractivity contribution is -0.0427. The molecule has 1 aromatic carbocycles. The monoisotopic (exact) mass is 326 g/mol. The van der Waals surface area contributed by atoms with Gasteiger partial charge in [-0.25, -0.2) is 13.8 Å². The van der Waals surface area contributed by atoms with Crippen LogP contribution in [0.1, 0.15) is 22.8 Å². The van der Waals surface area contributed by atoms with Gasteiger partial charge in [0.2, 0.25) is 0 Å². The summed E-state index contributed by atoms with van der Waals surface area (Å²) in [4.78, 5) is 6.21. The van der Waals surface area contributed by atoms with Gasteiger partial charge in [0.15, 0.2) is 0 Å². The molecule has 0 amide bonds. The summed E-state index contributed by atoms with van der Waals surface area (Å²) in [5.41, 5.74) is -0.0164. The molecule has 7 heteroatoms. The van der Waals surface area contributed by atoms with Gasteiger partial charge >= 0.3 is 0 Å². The van der Waals surface area contributed by atoms with E-state index in [1.807, 2.05) is 10.3 Å². The van der Waals surface area contributed by atoms with Crippen LogP contribution < -0.4 is 0 Å². The van der Waals surface area contributed by atoms with Gasteiger partial charge < -0.3 is 9.84 Å². The number of halogens is 2. The number of β-amino-alcohol motifs (C(OH)–C–C–N with tert-alkyl or cyclic N) is 1. The maximum atomic E-state index is 13.7. The van der Waals surface area contributed by atoms with E-state index in [1.165, 1.54) is 11.3 Å².